The van der Waals surface area contributed by atoms with Crippen LogP contribution in [0.25, 0.3) is 22.2 Å². The van der Waals surface area contributed by atoms with Crippen LogP contribution in [-0.4, -0.2) is 11.3 Å². The summed E-state index contributed by atoms with van der Waals surface area (Å²) in [6.45, 7) is 0. The van der Waals surface area contributed by atoms with Gasteiger partial charge in [0.05, 0.1) is 5.69 Å². The second-order valence-corrected chi connectivity index (χ2v) is 5.94. The van der Waals surface area contributed by atoms with Crippen LogP contribution in [0.1, 0.15) is 21.5 Å². The predicted molar refractivity (Wildman–Crippen MR) is 98.4 cm³/mol. The fraction of sp³-hybridized carbons (Fsp3) is 0.0455. The first-order valence-corrected chi connectivity index (χ1v) is 8.04. The lowest BCUT2D eigenvalue weighted by atomic mass is 10.0. The Morgan fingerprint density at radius 3 is 2.17 bits per heavy atom. The molecular formula is C22H17NO. The Bertz CT molecular complexity index is 982. The summed E-state index contributed by atoms with van der Waals surface area (Å²) in [4.78, 5) is 14.9. The third-order valence-corrected chi connectivity index (χ3v) is 4.36. The van der Waals surface area contributed by atoms with Gasteiger partial charge in [-0.15, -0.1) is 0 Å². The normalized spacial score (nSPS) is 10.8. The van der Waals surface area contributed by atoms with Crippen molar-refractivity contribution in [2.45, 2.75) is 6.42 Å². The van der Waals surface area contributed by atoms with E-state index in [2.05, 4.69) is 53.5 Å². The smallest absolute Gasteiger partial charge is 0.152 e. The van der Waals surface area contributed by atoms with Crippen LogP contribution in [-0.2, 0) is 6.42 Å². The van der Waals surface area contributed by atoms with Crippen LogP contribution in [0.5, 0.6) is 0 Å². The lowest BCUT2D eigenvalue weighted by Gasteiger charge is -2.04. The molecule has 2 nitrogen and oxygen atoms in total. The number of aldehydes is 1. The zero-order chi connectivity index (χ0) is 16.4. The first-order valence-electron chi connectivity index (χ1n) is 8.04. The molecule has 0 amide bonds. The van der Waals surface area contributed by atoms with Crippen molar-refractivity contribution in [2.75, 3.05) is 0 Å². The minimum absolute atomic E-state index is 0.724. The summed E-state index contributed by atoms with van der Waals surface area (Å²) in [5.41, 5.74) is 6.19. The van der Waals surface area contributed by atoms with E-state index >= 15 is 0 Å². The van der Waals surface area contributed by atoms with E-state index in [1.807, 2.05) is 30.3 Å². The molecule has 1 N–H and O–H groups in total. The topological polar surface area (TPSA) is 32.9 Å². The molecule has 4 aromatic rings. The number of aromatic nitrogens is 1. The Kier molecular flexibility index (Phi) is 3.72. The number of H-pyrrole nitrogens is 1. The van der Waals surface area contributed by atoms with Gasteiger partial charge in [0.15, 0.2) is 6.29 Å². The number of hydrogen-bond acceptors (Lipinski definition) is 1. The Labute approximate surface area is 140 Å². The van der Waals surface area contributed by atoms with Crippen molar-refractivity contribution in [3.63, 3.8) is 0 Å². The van der Waals surface area contributed by atoms with Gasteiger partial charge in [0, 0.05) is 16.5 Å². The quantitative estimate of drug-likeness (QED) is 0.514. The van der Waals surface area contributed by atoms with Gasteiger partial charge >= 0.3 is 0 Å². The molecule has 1 aromatic heterocycles. The van der Waals surface area contributed by atoms with Gasteiger partial charge in [-0.1, -0.05) is 72.8 Å². The Morgan fingerprint density at radius 1 is 0.750 bits per heavy atom. The molecule has 0 fully saturated rings. The molecule has 1 heterocycles. The maximum absolute atomic E-state index is 11.6. The number of fused-ring (bicyclic) bond motifs is 1. The molecule has 4 rings (SSSR count). The standard InChI is InChI=1S/C22H17NO/c24-15-20-19-8-4-5-9-21(19)23-22(20)18-12-10-17(11-13-18)14-16-6-2-1-3-7-16/h1-13,15,23H,14H2. The highest BCUT2D eigenvalue weighted by Crippen LogP contribution is 2.29. The first kappa shape index (κ1) is 14.5. The predicted octanol–water partition coefficient (Wildman–Crippen LogP) is 5.24. The molecule has 0 aliphatic rings. The summed E-state index contributed by atoms with van der Waals surface area (Å²) in [5.74, 6) is 0. The molecule has 24 heavy (non-hydrogen) atoms. The molecule has 0 unspecified atom stereocenters. The number of para-hydroxylation sites is 1. The molecule has 0 saturated heterocycles. The van der Waals surface area contributed by atoms with E-state index in [-0.39, 0.29) is 0 Å². The van der Waals surface area contributed by atoms with E-state index in [1.165, 1.54) is 11.1 Å². The van der Waals surface area contributed by atoms with Crippen molar-refractivity contribution in [1.82, 2.24) is 4.98 Å². The van der Waals surface area contributed by atoms with E-state index in [0.29, 0.717) is 0 Å². The Morgan fingerprint density at radius 2 is 1.42 bits per heavy atom. The van der Waals surface area contributed by atoms with Crippen LogP contribution >= 0.6 is 0 Å². The van der Waals surface area contributed by atoms with Crippen molar-refractivity contribution < 1.29 is 4.79 Å². The average molecular weight is 311 g/mol. The van der Waals surface area contributed by atoms with Crippen molar-refractivity contribution in [1.29, 1.82) is 0 Å². The third-order valence-electron chi connectivity index (χ3n) is 4.36. The van der Waals surface area contributed by atoms with E-state index in [0.717, 1.165) is 40.4 Å². The maximum Gasteiger partial charge on any atom is 0.152 e. The van der Waals surface area contributed by atoms with Gasteiger partial charge in [-0.05, 0) is 29.2 Å². The minimum Gasteiger partial charge on any atom is -0.354 e. The fourth-order valence-corrected chi connectivity index (χ4v) is 3.13. The monoisotopic (exact) mass is 311 g/mol. The fourth-order valence-electron chi connectivity index (χ4n) is 3.13. The number of aromatic amines is 1. The van der Waals surface area contributed by atoms with Gasteiger partial charge in [0.1, 0.15) is 0 Å². The SMILES string of the molecule is O=Cc1c(-c2ccc(Cc3ccccc3)cc2)[nH]c2ccccc12. The van der Waals surface area contributed by atoms with Crippen LogP contribution in [0.4, 0.5) is 0 Å². The molecule has 0 saturated carbocycles. The number of nitrogens with one attached hydrogen (secondary N) is 1. The number of carbonyl (C=O) groups excluding carboxylic acids is 1. The van der Waals surface area contributed by atoms with E-state index in [9.17, 15) is 4.79 Å². The van der Waals surface area contributed by atoms with Crippen molar-refractivity contribution >= 4 is 17.2 Å². The third kappa shape index (κ3) is 2.63. The van der Waals surface area contributed by atoms with Crippen LogP contribution in [0.2, 0.25) is 0 Å². The largest absolute Gasteiger partial charge is 0.354 e. The van der Waals surface area contributed by atoms with Crippen molar-refractivity contribution in [2.24, 2.45) is 0 Å². The highest BCUT2D eigenvalue weighted by atomic mass is 16.1. The molecular weight excluding hydrogens is 294 g/mol. The van der Waals surface area contributed by atoms with Crippen LogP contribution < -0.4 is 0 Å². The molecule has 2 heteroatoms. The van der Waals surface area contributed by atoms with E-state index in [1.54, 1.807) is 0 Å². The zero-order valence-corrected chi connectivity index (χ0v) is 13.2. The second kappa shape index (κ2) is 6.17. The van der Waals surface area contributed by atoms with Crippen molar-refractivity contribution in [3.8, 4) is 11.3 Å². The van der Waals surface area contributed by atoms with Gasteiger partial charge < -0.3 is 4.98 Å². The summed E-state index contributed by atoms with van der Waals surface area (Å²) in [6.07, 6.45) is 1.85. The first-order chi connectivity index (χ1) is 11.8. The van der Waals surface area contributed by atoms with E-state index < -0.39 is 0 Å². The number of benzene rings is 3. The second-order valence-electron chi connectivity index (χ2n) is 5.94. The summed E-state index contributed by atoms with van der Waals surface area (Å²) in [7, 11) is 0. The summed E-state index contributed by atoms with van der Waals surface area (Å²) < 4.78 is 0. The molecule has 0 bridgehead atoms. The van der Waals surface area contributed by atoms with Gasteiger partial charge in [0.2, 0.25) is 0 Å². The minimum atomic E-state index is 0.724. The average Bonchev–Trinajstić information content (AvgIpc) is 3.02. The van der Waals surface area contributed by atoms with Gasteiger partial charge in [-0.3, -0.25) is 4.79 Å². The molecule has 3 aromatic carbocycles. The number of rotatable bonds is 4. The summed E-state index contributed by atoms with van der Waals surface area (Å²) in [6, 6.07) is 26.7. The van der Waals surface area contributed by atoms with Crippen LogP contribution in [0.3, 0.4) is 0 Å². The number of carbonyl (C=O) groups is 1. The van der Waals surface area contributed by atoms with Crippen LogP contribution in [0.15, 0.2) is 78.9 Å². The Hall–Kier alpha value is -3.13. The van der Waals surface area contributed by atoms with E-state index in [4.69, 9.17) is 0 Å². The molecule has 116 valence electrons. The van der Waals surface area contributed by atoms with Gasteiger partial charge in [-0.2, -0.15) is 0 Å². The van der Waals surface area contributed by atoms with Crippen LogP contribution in [0, 0.1) is 0 Å². The molecule has 0 radical (unpaired) electrons. The molecule has 0 aliphatic heterocycles. The highest BCUT2D eigenvalue weighted by Gasteiger charge is 2.12. The van der Waals surface area contributed by atoms with Crippen molar-refractivity contribution in [3.05, 3.63) is 95.6 Å². The lowest BCUT2D eigenvalue weighted by molar-refractivity contribution is 0.112. The zero-order valence-electron chi connectivity index (χ0n) is 13.2. The maximum atomic E-state index is 11.6. The van der Waals surface area contributed by atoms with Gasteiger partial charge in [-0.25, -0.2) is 0 Å². The lowest BCUT2D eigenvalue weighted by Crippen LogP contribution is -1.89. The molecule has 0 spiro atoms. The highest BCUT2D eigenvalue weighted by molar-refractivity contribution is 6.04. The summed E-state index contributed by atoms with van der Waals surface area (Å²) >= 11 is 0. The molecule has 0 atom stereocenters. The summed E-state index contributed by atoms with van der Waals surface area (Å²) in [5, 5.41) is 0.968. The molecule has 0 aliphatic carbocycles. The van der Waals surface area contributed by atoms with Gasteiger partial charge in [0.25, 0.3) is 0 Å². The Balaban J connectivity index is 1.69. The number of hydrogen-bond donors (Lipinski definition) is 1.